The second kappa shape index (κ2) is 5.77. The molecule has 3 heteroatoms. The van der Waals surface area contributed by atoms with Gasteiger partial charge in [-0.1, -0.05) is 0 Å². The zero-order chi connectivity index (χ0) is 11.3. The number of hydrogen-bond donors (Lipinski definition) is 1. The molecule has 84 valence electrons. The minimum atomic E-state index is -0.409. The molecule has 1 unspecified atom stereocenters. The Labute approximate surface area is 90.8 Å². The van der Waals surface area contributed by atoms with E-state index in [4.69, 9.17) is 11.2 Å². The van der Waals surface area contributed by atoms with Crippen molar-refractivity contribution < 1.29 is 14.6 Å². The fourth-order valence-electron chi connectivity index (χ4n) is 2.19. The maximum atomic E-state index is 11.3. The van der Waals surface area contributed by atoms with Gasteiger partial charge in [-0.05, 0) is 31.6 Å². The summed E-state index contributed by atoms with van der Waals surface area (Å²) in [5, 5.41) is 9.70. The van der Waals surface area contributed by atoms with E-state index >= 15 is 0 Å². The first-order valence-electron chi connectivity index (χ1n) is 5.38. The highest BCUT2D eigenvalue weighted by Gasteiger charge is 2.29. The highest BCUT2D eigenvalue weighted by atomic mass is 16.5. The third-order valence-electron chi connectivity index (χ3n) is 3.18. The summed E-state index contributed by atoms with van der Waals surface area (Å²) >= 11 is 0. The van der Waals surface area contributed by atoms with E-state index in [1.54, 1.807) is 0 Å². The number of aliphatic hydroxyl groups excluding tert-OH is 1. The predicted octanol–water partition coefficient (Wildman–Crippen LogP) is 1.35. The molecule has 0 radical (unpaired) electrons. The summed E-state index contributed by atoms with van der Waals surface area (Å²) in [6.45, 7) is 0. The van der Waals surface area contributed by atoms with Crippen LogP contribution >= 0.6 is 0 Å². The van der Waals surface area contributed by atoms with Crippen LogP contribution in [0.15, 0.2) is 0 Å². The zero-order valence-electron chi connectivity index (χ0n) is 9.11. The number of carbonyl (C=O) groups is 1. The highest BCUT2D eigenvalue weighted by molar-refractivity contribution is 5.72. The fraction of sp³-hybridized carbons (Fsp3) is 0.750. The Bertz CT molecular complexity index is 246. The lowest BCUT2D eigenvalue weighted by Crippen LogP contribution is -2.28. The normalized spacial score (nSPS) is 27.8. The van der Waals surface area contributed by atoms with E-state index in [9.17, 15) is 9.90 Å². The largest absolute Gasteiger partial charge is 0.469 e. The van der Waals surface area contributed by atoms with Crippen molar-refractivity contribution in [3.8, 4) is 12.3 Å². The van der Waals surface area contributed by atoms with Crippen molar-refractivity contribution in [2.24, 2.45) is 11.8 Å². The lowest BCUT2D eigenvalue weighted by molar-refractivity contribution is -0.147. The molecule has 1 saturated carbocycles. The number of hydrogen-bond acceptors (Lipinski definition) is 3. The molecule has 0 aromatic heterocycles. The van der Waals surface area contributed by atoms with Crippen LogP contribution in [0.1, 0.15) is 32.1 Å². The number of terminal acetylenes is 1. The van der Waals surface area contributed by atoms with E-state index in [1.807, 2.05) is 0 Å². The monoisotopic (exact) mass is 210 g/mol. The Balaban J connectivity index is 2.36. The van der Waals surface area contributed by atoms with Crippen molar-refractivity contribution in [3.05, 3.63) is 0 Å². The predicted molar refractivity (Wildman–Crippen MR) is 56.9 cm³/mol. The van der Waals surface area contributed by atoms with Gasteiger partial charge in [0.05, 0.1) is 19.1 Å². The van der Waals surface area contributed by atoms with Crippen LogP contribution in [0, 0.1) is 24.2 Å². The Hall–Kier alpha value is -1.01. The molecule has 0 aliphatic heterocycles. The molecular formula is C12H18O3. The van der Waals surface area contributed by atoms with Gasteiger partial charge in [0.25, 0.3) is 0 Å². The first-order valence-corrected chi connectivity index (χ1v) is 5.38. The van der Waals surface area contributed by atoms with E-state index < -0.39 is 6.10 Å². The van der Waals surface area contributed by atoms with Crippen molar-refractivity contribution >= 4 is 5.97 Å². The lowest BCUT2D eigenvalue weighted by Gasteiger charge is -2.29. The smallest absolute Gasteiger partial charge is 0.308 e. The molecule has 15 heavy (non-hydrogen) atoms. The molecule has 1 fully saturated rings. The van der Waals surface area contributed by atoms with Gasteiger partial charge in [-0.25, -0.2) is 0 Å². The summed E-state index contributed by atoms with van der Waals surface area (Å²) in [5.74, 6) is 2.61. The van der Waals surface area contributed by atoms with Gasteiger partial charge in [0.2, 0.25) is 0 Å². The summed E-state index contributed by atoms with van der Waals surface area (Å²) in [5.41, 5.74) is 0. The van der Waals surface area contributed by atoms with Crippen LogP contribution in [0.25, 0.3) is 0 Å². The molecule has 0 bridgehead atoms. The Morgan fingerprint density at radius 3 is 2.60 bits per heavy atom. The van der Waals surface area contributed by atoms with E-state index in [1.165, 1.54) is 7.11 Å². The molecule has 0 heterocycles. The molecule has 0 spiro atoms. The number of carbonyl (C=O) groups excluding carboxylic acids is 1. The molecule has 0 aromatic rings. The Kier molecular flexibility index (Phi) is 4.64. The van der Waals surface area contributed by atoms with Crippen molar-refractivity contribution in [3.63, 3.8) is 0 Å². The van der Waals surface area contributed by atoms with Gasteiger partial charge in [-0.2, -0.15) is 0 Å². The molecule has 1 N–H and O–H groups in total. The Morgan fingerprint density at radius 1 is 1.53 bits per heavy atom. The number of rotatable bonds is 3. The summed E-state index contributed by atoms with van der Waals surface area (Å²) in [6, 6.07) is 0. The van der Waals surface area contributed by atoms with E-state index in [-0.39, 0.29) is 17.8 Å². The average Bonchev–Trinajstić information content (AvgIpc) is 2.28. The number of methoxy groups -OCH3 is 1. The third kappa shape index (κ3) is 3.24. The van der Waals surface area contributed by atoms with E-state index in [2.05, 4.69) is 5.92 Å². The molecule has 1 aliphatic carbocycles. The minimum Gasteiger partial charge on any atom is -0.469 e. The third-order valence-corrected chi connectivity index (χ3v) is 3.18. The number of aliphatic hydroxyl groups is 1. The molecular weight excluding hydrogens is 192 g/mol. The first-order chi connectivity index (χ1) is 7.19. The summed E-state index contributed by atoms with van der Waals surface area (Å²) < 4.78 is 4.70. The van der Waals surface area contributed by atoms with Crippen LogP contribution in [0.2, 0.25) is 0 Å². The van der Waals surface area contributed by atoms with Gasteiger partial charge >= 0.3 is 5.97 Å². The maximum Gasteiger partial charge on any atom is 0.308 e. The maximum absolute atomic E-state index is 11.3. The first kappa shape index (κ1) is 12.1. The minimum absolute atomic E-state index is 0.0179. The fourth-order valence-corrected chi connectivity index (χ4v) is 2.19. The van der Waals surface area contributed by atoms with Gasteiger partial charge in [0, 0.05) is 6.42 Å². The van der Waals surface area contributed by atoms with Crippen LogP contribution in [-0.4, -0.2) is 24.3 Å². The summed E-state index contributed by atoms with van der Waals surface area (Å²) in [6.07, 6.45) is 8.49. The van der Waals surface area contributed by atoms with E-state index in [0.717, 1.165) is 25.7 Å². The summed E-state index contributed by atoms with van der Waals surface area (Å²) in [7, 11) is 1.42. The lowest BCUT2D eigenvalue weighted by atomic mass is 9.79. The SMILES string of the molecule is C#CCC(O)C1CCC(C(=O)OC)CC1. The molecule has 1 atom stereocenters. The van der Waals surface area contributed by atoms with Crippen molar-refractivity contribution in [2.45, 2.75) is 38.2 Å². The van der Waals surface area contributed by atoms with Crippen LogP contribution in [0.4, 0.5) is 0 Å². The van der Waals surface area contributed by atoms with Crippen molar-refractivity contribution in [1.82, 2.24) is 0 Å². The van der Waals surface area contributed by atoms with Crippen LogP contribution in [0.5, 0.6) is 0 Å². The Morgan fingerprint density at radius 2 is 2.13 bits per heavy atom. The van der Waals surface area contributed by atoms with Crippen molar-refractivity contribution in [1.29, 1.82) is 0 Å². The van der Waals surface area contributed by atoms with Gasteiger partial charge < -0.3 is 9.84 Å². The second-order valence-corrected chi connectivity index (χ2v) is 4.11. The van der Waals surface area contributed by atoms with Crippen LogP contribution in [-0.2, 0) is 9.53 Å². The quantitative estimate of drug-likeness (QED) is 0.565. The van der Waals surface area contributed by atoms with Gasteiger partial charge in [-0.3, -0.25) is 4.79 Å². The molecule has 0 aromatic carbocycles. The average molecular weight is 210 g/mol. The highest BCUT2D eigenvalue weighted by Crippen LogP contribution is 2.32. The van der Waals surface area contributed by atoms with Gasteiger partial charge in [0.1, 0.15) is 0 Å². The molecule has 0 amide bonds. The molecule has 1 rings (SSSR count). The van der Waals surface area contributed by atoms with Gasteiger partial charge in [0.15, 0.2) is 0 Å². The van der Waals surface area contributed by atoms with Crippen LogP contribution in [0.3, 0.4) is 0 Å². The molecule has 1 aliphatic rings. The molecule has 0 saturated heterocycles. The molecule has 3 nitrogen and oxygen atoms in total. The zero-order valence-corrected chi connectivity index (χ0v) is 9.11. The van der Waals surface area contributed by atoms with Gasteiger partial charge in [-0.15, -0.1) is 12.3 Å². The number of esters is 1. The number of ether oxygens (including phenoxy) is 1. The topological polar surface area (TPSA) is 46.5 Å². The van der Waals surface area contributed by atoms with Crippen molar-refractivity contribution in [2.75, 3.05) is 7.11 Å². The second-order valence-electron chi connectivity index (χ2n) is 4.11. The summed E-state index contributed by atoms with van der Waals surface area (Å²) in [4.78, 5) is 11.3. The standard InChI is InChI=1S/C12H18O3/c1-3-4-11(13)9-5-7-10(8-6-9)12(14)15-2/h1,9-11,13H,4-8H2,2H3. The van der Waals surface area contributed by atoms with E-state index in [0.29, 0.717) is 6.42 Å². The van der Waals surface area contributed by atoms with Crippen LogP contribution < -0.4 is 0 Å².